The molecule has 2 unspecified atom stereocenters. The molecule has 4 nitrogen and oxygen atoms in total. The molecule has 3 aliphatic heterocycles. The Morgan fingerprint density at radius 1 is 0.545 bits per heavy atom. The molecule has 1 fully saturated rings. The maximum absolute atomic E-state index is 7.62. The van der Waals surface area contributed by atoms with Gasteiger partial charge in [0.05, 0.1) is 22.6 Å². The van der Waals surface area contributed by atoms with Gasteiger partial charge in [-0.05, 0) is 155 Å². The van der Waals surface area contributed by atoms with Gasteiger partial charge in [-0.2, -0.15) is 0 Å². The zero-order chi connectivity index (χ0) is 46.6. The van der Waals surface area contributed by atoms with Crippen LogP contribution in [0.3, 0.4) is 0 Å². The maximum atomic E-state index is 7.62. The highest BCUT2D eigenvalue weighted by molar-refractivity contribution is 7.00. The SMILES string of the molecule is Cc1cc2c3c(c1)N(c1ccc(C(C)(C)C)cc1)c1c(oc4cc(N5c6ccccc6C6(C)CCCCC56C)ccc14)B3c1cc(C(C)(C)C)ccc1N2c1c(C)cc(C(C)(C)C)cc1C. The lowest BCUT2D eigenvalue weighted by molar-refractivity contribution is 0.195. The van der Waals surface area contributed by atoms with Gasteiger partial charge >= 0.3 is 0 Å². The summed E-state index contributed by atoms with van der Waals surface area (Å²) >= 11 is 0. The molecule has 0 radical (unpaired) electrons. The van der Waals surface area contributed by atoms with E-state index in [4.69, 9.17) is 4.42 Å². The smallest absolute Gasteiger partial charge is 0.297 e. The lowest BCUT2D eigenvalue weighted by atomic mass is 9.35. The topological polar surface area (TPSA) is 22.9 Å². The van der Waals surface area contributed by atoms with Crippen molar-refractivity contribution in [1.29, 1.82) is 0 Å². The first-order valence-corrected chi connectivity index (χ1v) is 24.7. The fourth-order valence-corrected chi connectivity index (χ4v) is 12.7. The Bertz CT molecular complexity index is 3110. The third-order valence-electron chi connectivity index (χ3n) is 16.5. The molecule has 4 heterocycles. The number of anilines is 8. The van der Waals surface area contributed by atoms with E-state index < -0.39 is 0 Å². The van der Waals surface area contributed by atoms with Gasteiger partial charge in [0, 0.05) is 51.0 Å². The van der Waals surface area contributed by atoms with E-state index in [1.807, 2.05) is 0 Å². The van der Waals surface area contributed by atoms with Gasteiger partial charge in [0.15, 0.2) is 0 Å². The highest BCUT2D eigenvalue weighted by atomic mass is 16.3. The van der Waals surface area contributed by atoms with Crippen molar-refractivity contribution in [1.82, 2.24) is 0 Å². The predicted molar refractivity (Wildman–Crippen MR) is 283 cm³/mol. The Hall–Kier alpha value is -5.68. The molecule has 11 rings (SSSR count). The van der Waals surface area contributed by atoms with Crippen molar-refractivity contribution in [2.75, 3.05) is 14.7 Å². The minimum absolute atomic E-state index is 0.0321. The Labute approximate surface area is 395 Å². The molecule has 1 saturated carbocycles. The first-order chi connectivity index (χ1) is 31.1. The van der Waals surface area contributed by atoms with Crippen molar-refractivity contribution in [3.05, 3.63) is 148 Å². The Morgan fingerprint density at radius 2 is 1.15 bits per heavy atom. The Morgan fingerprint density at radius 3 is 1.82 bits per heavy atom. The van der Waals surface area contributed by atoms with E-state index in [0.29, 0.717) is 0 Å². The Kier molecular flexibility index (Phi) is 9.22. The molecule has 0 amide bonds. The van der Waals surface area contributed by atoms with Crippen LogP contribution in [-0.4, -0.2) is 12.3 Å². The number of hydrogen-bond donors (Lipinski definition) is 0. The summed E-state index contributed by atoms with van der Waals surface area (Å²) in [6.45, 7) is 32.7. The van der Waals surface area contributed by atoms with Gasteiger partial charge < -0.3 is 19.1 Å². The molecule has 0 bridgehead atoms. The molecule has 0 spiro atoms. The van der Waals surface area contributed by atoms with E-state index in [9.17, 15) is 0 Å². The van der Waals surface area contributed by atoms with Crippen LogP contribution in [0, 0.1) is 20.8 Å². The van der Waals surface area contributed by atoms with Crippen LogP contribution in [0.5, 0.6) is 0 Å². The first kappa shape index (κ1) is 42.9. The molecule has 66 heavy (non-hydrogen) atoms. The summed E-state index contributed by atoms with van der Waals surface area (Å²) in [6, 6.07) is 42.7. The Balaban J connectivity index is 1.20. The van der Waals surface area contributed by atoms with Gasteiger partial charge in [0.1, 0.15) is 5.58 Å². The largest absolute Gasteiger partial charge is 0.468 e. The molecule has 336 valence electrons. The summed E-state index contributed by atoms with van der Waals surface area (Å²) in [6.07, 6.45) is 4.87. The zero-order valence-electron chi connectivity index (χ0n) is 42.0. The number of fused-ring (bicyclic) bond motifs is 9. The van der Waals surface area contributed by atoms with Crippen molar-refractivity contribution in [2.45, 2.75) is 150 Å². The number of aryl methyl sites for hydroxylation is 3. The highest BCUT2D eigenvalue weighted by Crippen LogP contribution is 2.61. The lowest BCUT2D eigenvalue weighted by Gasteiger charge is -2.50. The molecule has 1 aliphatic carbocycles. The summed E-state index contributed by atoms with van der Waals surface area (Å²) in [5.41, 5.74) is 23.6. The van der Waals surface area contributed by atoms with Gasteiger partial charge in [0.2, 0.25) is 0 Å². The molecular formula is C61H68BN3O. The summed E-state index contributed by atoms with van der Waals surface area (Å²) < 4.78 is 7.62. The average molecular weight is 870 g/mol. The van der Waals surface area contributed by atoms with Crippen LogP contribution in [0.15, 0.2) is 114 Å². The van der Waals surface area contributed by atoms with E-state index in [2.05, 4.69) is 221 Å². The van der Waals surface area contributed by atoms with Gasteiger partial charge in [-0.25, -0.2) is 0 Å². The van der Waals surface area contributed by atoms with E-state index >= 15 is 0 Å². The van der Waals surface area contributed by atoms with Crippen LogP contribution < -0.4 is 31.3 Å². The molecule has 6 aromatic carbocycles. The summed E-state index contributed by atoms with van der Waals surface area (Å²) in [4.78, 5) is 7.82. The average Bonchev–Trinajstić information content (AvgIpc) is 3.72. The van der Waals surface area contributed by atoms with E-state index in [-0.39, 0.29) is 33.9 Å². The third kappa shape index (κ3) is 6.10. The van der Waals surface area contributed by atoms with Crippen molar-refractivity contribution < 1.29 is 4.42 Å². The molecular weight excluding hydrogens is 802 g/mol. The lowest BCUT2D eigenvalue weighted by Crippen LogP contribution is -2.61. The molecule has 4 aliphatic rings. The molecule has 7 aromatic rings. The minimum Gasteiger partial charge on any atom is -0.468 e. The molecule has 0 saturated heterocycles. The van der Waals surface area contributed by atoms with Gasteiger partial charge in [-0.15, -0.1) is 0 Å². The number of nitrogens with zero attached hydrogens (tertiary/aromatic N) is 3. The van der Waals surface area contributed by atoms with Crippen molar-refractivity contribution >= 4 is 79.8 Å². The van der Waals surface area contributed by atoms with E-state index in [1.54, 1.807) is 0 Å². The van der Waals surface area contributed by atoms with E-state index in [1.165, 1.54) is 103 Å². The van der Waals surface area contributed by atoms with Gasteiger partial charge in [0.25, 0.3) is 6.71 Å². The number of rotatable bonds is 3. The number of hydrogen-bond acceptors (Lipinski definition) is 4. The van der Waals surface area contributed by atoms with Crippen molar-refractivity contribution in [3.63, 3.8) is 0 Å². The fourth-order valence-electron chi connectivity index (χ4n) is 12.7. The molecule has 0 N–H and O–H groups in total. The van der Waals surface area contributed by atoms with Gasteiger partial charge in [-0.1, -0.05) is 137 Å². The van der Waals surface area contributed by atoms with Gasteiger partial charge in [-0.3, -0.25) is 0 Å². The molecule has 5 heteroatoms. The van der Waals surface area contributed by atoms with Crippen molar-refractivity contribution in [2.24, 2.45) is 0 Å². The second-order valence-electron chi connectivity index (χ2n) is 24.0. The van der Waals surface area contributed by atoms with Crippen LogP contribution >= 0.6 is 0 Å². The first-order valence-electron chi connectivity index (χ1n) is 24.7. The fraction of sp³-hybridized carbons (Fsp3) is 0.377. The predicted octanol–water partition coefficient (Wildman–Crippen LogP) is 15.1. The van der Waals surface area contributed by atoms with Crippen molar-refractivity contribution in [3.8, 4) is 0 Å². The summed E-state index contributed by atoms with van der Waals surface area (Å²) in [5.74, 6) is 0. The highest BCUT2D eigenvalue weighted by Gasteiger charge is 2.57. The third-order valence-corrected chi connectivity index (χ3v) is 16.5. The second kappa shape index (κ2) is 14.2. The number of benzene rings is 6. The van der Waals surface area contributed by atoms with Crippen LogP contribution in [0.25, 0.3) is 11.0 Å². The summed E-state index contributed by atoms with van der Waals surface area (Å²) in [5, 5.41) is 1.15. The van der Waals surface area contributed by atoms with Crippen LogP contribution in [0.2, 0.25) is 0 Å². The van der Waals surface area contributed by atoms with Crippen LogP contribution in [0.1, 0.15) is 141 Å². The van der Waals surface area contributed by atoms with E-state index in [0.717, 1.165) is 34.4 Å². The van der Waals surface area contributed by atoms with Crippen LogP contribution in [-0.2, 0) is 21.7 Å². The second-order valence-corrected chi connectivity index (χ2v) is 24.0. The standard InChI is InChI=1S/C61H68BN3O/c1-37-31-50-53-51(32-37)64(54-38(2)33-42(34-39(54)3)59(10,11)12)49-28-23-41(58(7,8)9)35-47(49)62(53)56-55(63(50)43-24-21-40(22-25-43)57(4,5)6)45-27-26-44(36-52(45)66-56)65-48-20-16-15-19-46(48)60(13)29-17-18-30-61(60,65)14/h15-16,19-28,31-36H,17-18,29-30H2,1-14H3. The number of furan rings is 1. The summed E-state index contributed by atoms with van der Waals surface area (Å²) in [7, 11) is 0. The molecule has 1 aromatic heterocycles. The monoisotopic (exact) mass is 870 g/mol. The quantitative estimate of drug-likeness (QED) is 0.165. The molecule has 2 atom stereocenters. The zero-order valence-corrected chi connectivity index (χ0v) is 42.0. The minimum atomic E-state index is -0.124. The maximum Gasteiger partial charge on any atom is 0.297 e. The number of para-hydroxylation sites is 1. The van der Waals surface area contributed by atoms with Crippen LogP contribution in [0.4, 0.5) is 45.5 Å². The normalized spacial score (nSPS) is 20.0.